The molecule has 3 fully saturated rings. The van der Waals surface area contributed by atoms with Crippen LogP contribution < -0.4 is 16.0 Å². The number of nitrogens with one attached hydrogen (secondary N) is 3. The SMILES string of the molecule is CC1(C)S[C@@H]2C(NC(=O)C(NC(=O)N3CCNC3=O)c3ccccc3)C(=O)N2C1C(=O)O. The highest BCUT2D eigenvalue weighted by molar-refractivity contribution is 8.01. The fourth-order valence-corrected chi connectivity index (χ4v) is 5.82. The second kappa shape index (κ2) is 8.01. The molecule has 170 valence electrons. The number of carbonyl (C=O) groups is 5. The van der Waals surface area contributed by atoms with Crippen LogP contribution in [0.2, 0.25) is 0 Å². The molecule has 4 atom stereocenters. The van der Waals surface area contributed by atoms with Crippen molar-refractivity contribution in [3.63, 3.8) is 0 Å². The first-order valence-electron chi connectivity index (χ1n) is 10.1. The Morgan fingerprint density at radius 3 is 2.50 bits per heavy atom. The number of carbonyl (C=O) groups excluding carboxylic acids is 4. The summed E-state index contributed by atoms with van der Waals surface area (Å²) in [5.74, 6) is -2.20. The van der Waals surface area contributed by atoms with Gasteiger partial charge in [-0.3, -0.25) is 9.59 Å². The van der Waals surface area contributed by atoms with Gasteiger partial charge in [-0.25, -0.2) is 19.3 Å². The molecule has 3 unspecified atom stereocenters. The van der Waals surface area contributed by atoms with E-state index in [1.54, 1.807) is 44.2 Å². The Hall–Kier alpha value is -3.28. The lowest BCUT2D eigenvalue weighted by atomic mass is 9.95. The van der Waals surface area contributed by atoms with E-state index in [0.717, 1.165) is 4.90 Å². The molecule has 0 saturated carbocycles. The number of rotatable bonds is 5. The standard InChI is InChI=1S/C20H23N5O6S/c1-20(2)13(17(28)29)25-15(27)12(16(25)32-20)22-14(26)11(10-6-4-3-5-7-10)23-19(31)24-9-8-21-18(24)30/h3-7,11-13,16H,8-9H2,1-2H3,(H,21,30)(H,22,26)(H,23,31)(H,28,29)/t11?,12?,13?,16-/m1/s1. The smallest absolute Gasteiger partial charge is 0.327 e. The molecule has 1 aromatic rings. The Morgan fingerprint density at radius 1 is 1.22 bits per heavy atom. The molecule has 3 aliphatic heterocycles. The van der Waals surface area contributed by atoms with E-state index < -0.39 is 58.1 Å². The minimum absolute atomic E-state index is 0.175. The van der Waals surface area contributed by atoms with Crippen LogP contribution in [-0.4, -0.2) is 80.0 Å². The van der Waals surface area contributed by atoms with Crippen molar-refractivity contribution in [2.45, 2.75) is 42.1 Å². The quantitative estimate of drug-likeness (QED) is 0.454. The second-order valence-electron chi connectivity index (χ2n) is 8.26. The maximum absolute atomic E-state index is 13.1. The zero-order chi connectivity index (χ0) is 23.2. The molecule has 3 heterocycles. The van der Waals surface area contributed by atoms with E-state index in [1.165, 1.54) is 16.7 Å². The monoisotopic (exact) mass is 461 g/mol. The third kappa shape index (κ3) is 3.64. The number of nitrogens with zero attached hydrogens (tertiary/aromatic N) is 2. The van der Waals surface area contributed by atoms with Gasteiger partial charge in [0.05, 0.1) is 0 Å². The minimum atomic E-state index is -1.14. The highest BCUT2D eigenvalue weighted by atomic mass is 32.2. The zero-order valence-corrected chi connectivity index (χ0v) is 18.2. The first kappa shape index (κ1) is 21.9. The summed E-state index contributed by atoms with van der Waals surface area (Å²) in [4.78, 5) is 64.2. The lowest BCUT2D eigenvalue weighted by molar-refractivity contribution is -0.161. The van der Waals surface area contributed by atoms with Crippen LogP contribution in [0.3, 0.4) is 0 Å². The Labute approximate surface area is 187 Å². The highest BCUT2D eigenvalue weighted by Gasteiger charge is 2.64. The number of fused-ring (bicyclic) bond motifs is 1. The van der Waals surface area contributed by atoms with Crippen LogP contribution in [-0.2, 0) is 14.4 Å². The van der Waals surface area contributed by atoms with Crippen molar-refractivity contribution < 1.29 is 29.1 Å². The molecule has 4 N–H and O–H groups in total. The highest BCUT2D eigenvalue weighted by Crippen LogP contribution is 2.50. The van der Waals surface area contributed by atoms with Crippen LogP contribution in [0, 0.1) is 0 Å². The largest absolute Gasteiger partial charge is 0.480 e. The number of benzene rings is 1. The van der Waals surface area contributed by atoms with E-state index >= 15 is 0 Å². The van der Waals surface area contributed by atoms with Crippen LogP contribution >= 0.6 is 11.8 Å². The van der Waals surface area contributed by atoms with E-state index in [1.807, 2.05) is 0 Å². The summed E-state index contributed by atoms with van der Waals surface area (Å²) in [5, 5.41) is 16.8. The molecule has 0 radical (unpaired) electrons. The molecular weight excluding hydrogens is 438 g/mol. The molecule has 32 heavy (non-hydrogen) atoms. The van der Waals surface area contributed by atoms with Gasteiger partial charge in [-0.1, -0.05) is 30.3 Å². The number of β-lactam (4-membered cyclic amide) rings is 1. The summed E-state index contributed by atoms with van der Waals surface area (Å²) in [6.07, 6.45) is 0. The maximum atomic E-state index is 13.1. The van der Waals surface area contributed by atoms with Gasteiger partial charge in [-0.2, -0.15) is 0 Å². The molecule has 0 spiro atoms. The van der Waals surface area contributed by atoms with Gasteiger partial charge < -0.3 is 26.0 Å². The predicted molar refractivity (Wildman–Crippen MR) is 113 cm³/mol. The van der Waals surface area contributed by atoms with Gasteiger partial charge >= 0.3 is 18.0 Å². The van der Waals surface area contributed by atoms with Crippen LogP contribution in [0.1, 0.15) is 25.5 Å². The Kier molecular flexibility index (Phi) is 5.49. The van der Waals surface area contributed by atoms with Gasteiger partial charge in [0, 0.05) is 17.8 Å². The van der Waals surface area contributed by atoms with E-state index in [2.05, 4.69) is 16.0 Å². The van der Waals surface area contributed by atoms with Crippen molar-refractivity contribution in [3.05, 3.63) is 35.9 Å². The number of urea groups is 2. The topological polar surface area (TPSA) is 148 Å². The Morgan fingerprint density at radius 2 is 1.91 bits per heavy atom. The molecular formula is C20H23N5O6S. The molecule has 12 heteroatoms. The summed E-state index contributed by atoms with van der Waals surface area (Å²) in [7, 11) is 0. The van der Waals surface area contributed by atoms with E-state index in [4.69, 9.17) is 0 Å². The number of imide groups is 1. The summed E-state index contributed by atoms with van der Waals surface area (Å²) < 4.78 is -0.720. The predicted octanol–water partition coefficient (Wildman–Crippen LogP) is 0.0942. The molecule has 3 saturated heterocycles. The molecule has 6 amide bonds. The fraction of sp³-hybridized carbons (Fsp3) is 0.450. The summed E-state index contributed by atoms with van der Waals surface area (Å²) in [6.45, 7) is 3.98. The van der Waals surface area contributed by atoms with Crippen molar-refractivity contribution in [2.24, 2.45) is 0 Å². The van der Waals surface area contributed by atoms with E-state index in [0.29, 0.717) is 12.1 Å². The van der Waals surface area contributed by atoms with E-state index in [-0.39, 0.29) is 6.54 Å². The van der Waals surface area contributed by atoms with Gasteiger partial charge in [-0.05, 0) is 19.4 Å². The van der Waals surface area contributed by atoms with Crippen molar-refractivity contribution >= 4 is 41.6 Å². The fourth-order valence-electron chi connectivity index (χ4n) is 4.19. The molecule has 3 aliphatic rings. The van der Waals surface area contributed by atoms with Crippen LogP contribution in [0.4, 0.5) is 9.59 Å². The third-order valence-electron chi connectivity index (χ3n) is 5.74. The Balaban J connectivity index is 1.51. The molecule has 1 aromatic carbocycles. The normalized spacial score (nSPS) is 26.6. The third-order valence-corrected chi connectivity index (χ3v) is 7.31. The van der Waals surface area contributed by atoms with Crippen molar-refractivity contribution in [3.8, 4) is 0 Å². The van der Waals surface area contributed by atoms with Gasteiger partial charge in [-0.15, -0.1) is 11.8 Å². The van der Waals surface area contributed by atoms with Crippen molar-refractivity contribution in [1.82, 2.24) is 25.8 Å². The average Bonchev–Trinajstić information content (AvgIpc) is 3.29. The molecule has 0 aromatic heterocycles. The maximum Gasteiger partial charge on any atom is 0.327 e. The van der Waals surface area contributed by atoms with E-state index in [9.17, 15) is 29.1 Å². The molecule has 0 bridgehead atoms. The summed E-state index contributed by atoms with van der Waals surface area (Å²) in [5.41, 5.74) is 0.476. The molecule has 4 rings (SSSR count). The van der Waals surface area contributed by atoms with Gasteiger partial charge in [0.1, 0.15) is 23.5 Å². The number of hydrogen-bond donors (Lipinski definition) is 4. The average molecular weight is 462 g/mol. The lowest BCUT2D eigenvalue weighted by Gasteiger charge is -2.44. The summed E-state index contributed by atoms with van der Waals surface area (Å²) >= 11 is 1.31. The number of hydrogen-bond acceptors (Lipinski definition) is 6. The number of carboxylic acids is 1. The number of thioether (sulfide) groups is 1. The lowest BCUT2D eigenvalue weighted by Crippen LogP contribution is -2.71. The van der Waals surface area contributed by atoms with Crippen molar-refractivity contribution in [1.29, 1.82) is 0 Å². The first-order chi connectivity index (χ1) is 15.1. The van der Waals surface area contributed by atoms with Crippen LogP contribution in [0.5, 0.6) is 0 Å². The number of aliphatic carboxylic acids is 1. The first-order valence-corrected chi connectivity index (χ1v) is 10.9. The second-order valence-corrected chi connectivity index (χ2v) is 10.0. The van der Waals surface area contributed by atoms with Gasteiger partial charge in [0.25, 0.3) is 0 Å². The van der Waals surface area contributed by atoms with Crippen molar-refractivity contribution in [2.75, 3.05) is 13.1 Å². The number of carboxylic acid groups (broad SMARTS) is 1. The van der Waals surface area contributed by atoms with Gasteiger partial charge in [0.2, 0.25) is 11.8 Å². The Bertz CT molecular complexity index is 986. The molecule has 0 aliphatic carbocycles. The summed E-state index contributed by atoms with van der Waals surface area (Å²) in [6, 6.07) is 4.14. The van der Waals surface area contributed by atoms with Crippen LogP contribution in [0.25, 0.3) is 0 Å². The molecule has 11 nitrogen and oxygen atoms in total. The number of amides is 6. The van der Waals surface area contributed by atoms with Gasteiger partial charge in [0.15, 0.2) is 0 Å². The minimum Gasteiger partial charge on any atom is -0.480 e. The van der Waals surface area contributed by atoms with Crippen LogP contribution in [0.15, 0.2) is 30.3 Å². The zero-order valence-electron chi connectivity index (χ0n) is 17.4.